The monoisotopic (exact) mass is 425 g/mol. The molecule has 0 bridgehead atoms. The van der Waals surface area contributed by atoms with Gasteiger partial charge in [-0.25, -0.2) is 9.37 Å². The van der Waals surface area contributed by atoms with Gasteiger partial charge in [0.05, 0.1) is 23.8 Å². The van der Waals surface area contributed by atoms with Crippen LogP contribution < -0.4 is 21.9 Å². The number of halogens is 1. The lowest BCUT2D eigenvalue weighted by molar-refractivity contribution is 0.294. The molecule has 1 fully saturated rings. The Kier molecular flexibility index (Phi) is 5.58. The summed E-state index contributed by atoms with van der Waals surface area (Å²) in [5.41, 5.74) is 20.0. The number of rotatable bonds is 6. The van der Waals surface area contributed by atoms with E-state index in [0.29, 0.717) is 41.0 Å². The molecule has 0 spiro atoms. The number of nitrogens with zero attached hydrogens (tertiary/aromatic N) is 2. The second-order valence-corrected chi connectivity index (χ2v) is 8.49. The Hall–Kier alpha value is -2.76. The summed E-state index contributed by atoms with van der Waals surface area (Å²) in [7, 11) is 1.99. The number of nitrogen functional groups attached to an aromatic ring is 2. The molecule has 1 saturated carbocycles. The van der Waals surface area contributed by atoms with Crippen LogP contribution in [0.15, 0.2) is 48.8 Å². The summed E-state index contributed by atoms with van der Waals surface area (Å²) in [6, 6.07) is 10.9. The van der Waals surface area contributed by atoms with Gasteiger partial charge in [0, 0.05) is 11.1 Å². The molecule has 30 heavy (non-hydrogen) atoms. The Morgan fingerprint density at radius 2 is 1.80 bits per heavy atom. The van der Waals surface area contributed by atoms with E-state index in [1.165, 1.54) is 12.6 Å². The number of hydrogen-bond donors (Lipinski definition) is 3. The van der Waals surface area contributed by atoms with Crippen LogP contribution in [0.3, 0.4) is 0 Å². The van der Waals surface area contributed by atoms with Gasteiger partial charge in [0.1, 0.15) is 18.2 Å². The summed E-state index contributed by atoms with van der Waals surface area (Å²) >= 11 is 0. The highest BCUT2D eigenvalue weighted by molar-refractivity contribution is 7.18. The molecule has 1 aromatic heterocycles. The van der Waals surface area contributed by atoms with E-state index in [1.54, 1.807) is 30.5 Å². The van der Waals surface area contributed by atoms with Crippen molar-refractivity contribution in [3.05, 3.63) is 65.5 Å². The van der Waals surface area contributed by atoms with Crippen molar-refractivity contribution in [1.29, 1.82) is 0 Å². The molecule has 8 heteroatoms. The van der Waals surface area contributed by atoms with Crippen LogP contribution in [0.4, 0.5) is 15.9 Å². The predicted molar refractivity (Wildman–Crippen MR) is 120 cm³/mol. The van der Waals surface area contributed by atoms with Gasteiger partial charge >= 0.3 is 0 Å². The van der Waals surface area contributed by atoms with E-state index in [1.807, 2.05) is 15.3 Å². The van der Waals surface area contributed by atoms with Gasteiger partial charge in [0.25, 0.3) is 0 Å². The first-order chi connectivity index (χ1) is 14.3. The number of anilines is 2. The maximum atomic E-state index is 13.8. The van der Waals surface area contributed by atoms with Crippen molar-refractivity contribution in [2.75, 3.05) is 11.5 Å². The third kappa shape index (κ3) is 4.23. The molecule has 1 heterocycles. The lowest BCUT2D eigenvalue weighted by atomic mass is 9.79. The van der Waals surface area contributed by atoms with E-state index < -0.39 is 5.53 Å². The zero-order chi connectivity index (χ0) is 21.3. The molecule has 156 valence electrons. The van der Waals surface area contributed by atoms with Gasteiger partial charge in [-0.05, 0) is 29.9 Å². The fourth-order valence-corrected chi connectivity index (χ4v) is 3.72. The SMILES string of the molecule is Nc1cnc(-c2ccc(C3CCC3)c(OCc3ccc(C(N)(F)P)cc3)c2N)cn1. The van der Waals surface area contributed by atoms with E-state index in [-0.39, 0.29) is 0 Å². The predicted octanol–water partition coefficient (Wildman–Crippen LogP) is 4.07. The van der Waals surface area contributed by atoms with Gasteiger partial charge in [0.15, 0.2) is 5.53 Å². The Labute approximate surface area is 177 Å². The fraction of sp³-hybridized carbons (Fsp3) is 0.273. The summed E-state index contributed by atoms with van der Waals surface area (Å²) in [4.78, 5) is 8.45. The van der Waals surface area contributed by atoms with Crippen LogP contribution in [-0.4, -0.2) is 9.97 Å². The summed E-state index contributed by atoms with van der Waals surface area (Å²) < 4.78 is 20.0. The number of benzene rings is 2. The topological polar surface area (TPSA) is 113 Å². The second kappa shape index (κ2) is 8.17. The van der Waals surface area contributed by atoms with E-state index in [4.69, 9.17) is 21.9 Å². The van der Waals surface area contributed by atoms with Crippen molar-refractivity contribution < 1.29 is 9.13 Å². The number of nitrogens with two attached hydrogens (primary N) is 3. The third-order valence-corrected chi connectivity index (χ3v) is 5.83. The average Bonchev–Trinajstić information content (AvgIpc) is 2.67. The van der Waals surface area contributed by atoms with E-state index >= 15 is 0 Å². The standard InChI is InChI=1S/C22H25FN5OP/c23-22(26,30)15-6-4-13(5-7-15)12-29-21-16(14-2-1-3-14)8-9-17(20(21)25)18-10-28-19(24)11-27-18/h4-11,14H,1-3,12,25-26,30H2,(H2,24,28). The largest absolute Gasteiger partial charge is 0.486 e. The smallest absolute Gasteiger partial charge is 0.196 e. The molecule has 2 aromatic carbocycles. The number of hydrogen-bond acceptors (Lipinski definition) is 6. The summed E-state index contributed by atoms with van der Waals surface area (Å²) in [6.45, 7) is 0.307. The van der Waals surface area contributed by atoms with Crippen molar-refractivity contribution in [3.63, 3.8) is 0 Å². The average molecular weight is 425 g/mol. The third-order valence-electron chi connectivity index (χ3n) is 5.50. The highest BCUT2D eigenvalue weighted by Gasteiger charge is 2.26. The first kappa shape index (κ1) is 20.5. The highest BCUT2D eigenvalue weighted by Crippen LogP contribution is 2.45. The van der Waals surface area contributed by atoms with Gasteiger partial charge in [-0.1, -0.05) is 52.1 Å². The van der Waals surface area contributed by atoms with Crippen LogP contribution in [0.25, 0.3) is 11.3 Å². The molecular formula is C22H25FN5OP. The van der Waals surface area contributed by atoms with Crippen LogP contribution >= 0.6 is 9.24 Å². The molecule has 4 rings (SSSR count). The summed E-state index contributed by atoms with van der Waals surface area (Å²) in [5, 5.41) is 0. The molecule has 1 aliphatic rings. The van der Waals surface area contributed by atoms with Crippen molar-refractivity contribution in [2.45, 2.75) is 37.3 Å². The normalized spacial score (nSPS) is 16.0. The Morgan fingerprint density at radius 3 is 2.37 bits per heavy atom. The van der Waals surface area contributed by atoms with Crippen molar-refractivity contribution in [2.24, 2.45) is 5.73 Å². The molecule has 0 amide bonds. The first-order valence-corrected chi connectivity index (χ1v) is 10.4. The van der Waals surface area contributed by atoms with Crippen LogP contribution in [-0.2, 0) is 12.1 Å². The number of alkyl halides is 1. The van der Waals surface area contributed by atoms with Crippen molar-refractivity contribution in [1.82, 2.24) is 9.97 Å². The molecule has 6 nitrogen and oxygen atoms in total. The van der Waals surface area contributed by atoms with Crippen LogP contribution in [0, 0.1) is 0 Å². The zero-order valence-corrected chi connectivity index (χ0v) is 17.7. The minimum Gasteiger partial charge on any atom is -0.486 e. The Bertz CT molecular complexity index is 1030. The quantitative estimate of drug-likeness (QED) is 0.312. The molecule has 0 radical (unpaired) electrons. The highest BCUT2D eigenvalue weighted by atomic mass is 31.0. The van der Waals surface area contributed by atoms with Crippen LogP contribution in [0.2, 0.25) is 0 Å². The minimum absolute atomic E-state index is 0.307. The van der Waals surface area contributed by atoms with Crippen LogP contribution in [0.1, 0.15) is 41.9 Å². The van der Waals surface area contributed by atoms with Gasteiger partial charge in [-0.3, -0.25) is 10.7 Å². The summed E-state index contributed by atoms with van der Waals surface area (Å²) in [6.07, 6.45) is 6.55. The first-order valence-electron chi connectivity index (χ1n) is 9.82. The minimum atomic E-state index is -1.95. The maximum absolute atomic E-state index is 13.8. The lowest BCUT2D eigenvalue weighted by Crippen LogP contribution is -2.22. The molecule has 3 aromatic rings. The van der Waals surface area contributed by atoms with Crippen molar-refractivity contribution in [3.8, 4) is 17.0 Å². The second-order valence-electron chi connectivity index (χ2n) is 7.65. The molecule has 0 aliphatic heterocycles. The van der Waals surface area contributed by atoms with Gasteiger partial charge in [-0.2, -0.15) is 0 Å². The van der Waals surface area contributed by atoms with Gasteiger partial charge < -0.3 is 16.2 Å². The van der Waals surface area contributed by atoms with Crippen molar-refractivity contribution >= 4 is 20.7 Å². The van der Waals surface area contributed by atoms with Gasteiger partial charge in [0.2, 0.25) is 0 Å². The molecule has 2 unspecified atom stereocenters. The zero-order valence-electron chi connectivity index (χ0n) is 16.5. The van der Waals surface area contributed by atoms with Crippen LogP contribution in [0.5, 0.6) is 5.75 Å². The Balaban J connectivity index is 1.63. The molecule has 6 N–H and O–H groups in total. The Morgan fingerprint density at radius 1 is 1.07 bits per heavy atom. The molecule has 0 saturated heterocycles. The maximum Gasteiger partial charge on any atom is 0.196 e. The summed E-state index contributed by atoms with van der Waals surface area (Å²) in [5.74, 6) is 1.46. The van der Waals surface area contributed by atoms with E-state index in [0.717, 1.165) is 29.5 Å². The fourth-order valence-electron chi connectivity index (χ4n) is 3.53. The van der Waals surface area contributed by atoms with E-state index in [2.05, 4.69) is 16.0 Å². The number of ether oxygens (including phenoxy) is 1. The van der Waals surface area contributed by atoms with Gasteiger partial charge in [-0.15, -0.1) is 0 Å². The van der Waals surface area contributed by atoms with E-state index in [9.17, 15) is 4.39 Å². The lowest BCUT2D eigenvalue weighted by Gasteiger charge is -2.29. The molecule has 2 atom stereocenters. The number of aromatic nitrogens is 2. The molecule has 1 aliphatic carbocycles. The molecular weight excluding hydrogens is 400 g/mol.